The van der Waals surface area contributed by atoms with E-state index in [-0.39, 0.29) is 25.0 Å². The molecular formula is C24H31ClN2O4. The molecule has 1 atom stereocenters. The molecule has 0 aliphatic heterocycles. The Hall–Kier alpha value is -2.73. The van der Waals surface area contributed by atoms with E-state index < -0.39 is 6.04 Å². The van der Waals surface area contributed by atoms with Crippen molar-refractivity contribution in [2.75, 3.05) is 20.3 Å². The second-order valence-corrected chi connectivity index (χ2v) is 7.80. The summed E-state index contributed by atoms with van der Waals surface area (Å²) in [6.07, 6.45) is 1.87. The number of amides is 2. The summed E-state index contributed by atoms with van der Waals surface area (Å²) >= 11 is 6.05. The molecule has 0 radical (unpaired) electrons. The van der Waals surface area contributed by atoms with Gasteiger partial charge in [-0.3, -0.25) is 9.59 Å². The predicted molar refractivity (Wildman–Crippen MR) is 123 cm³/mol. The lowest BCUT2D eigenvalue weighted by atomic mass is 10.1. The lowest BCUT2D eigenvalue weighted by Gasteiger charge is -2.29. The van der Waals surface area contributed by atoms with Crippen LogP contribution in [-0.4, -0.2) is 43.0 Å². The van der Waals surface area contributed by atoms with Gasteiger partial charge in [0.2, 0.25) is 5.91 Å². The average Bonchev–Trinajstić information content (AvgIpc) is 2.77. The number of hydrogen-bond donors (Lipinski definition) is 1. The third kappa shape index (κ3) is 7.47. The second-order valence-electron chi connectivity index (χ2n) is 7.39. The first-order chi connectivity index (χ1) is 14.8. The Kier molecular flexibility index (Phi) is 9.66. The summed E-state index contributed by atoms with van der Waals surface area (Å²) in [5.74, 6) is 0.773. The highest BCUT2D eigenvalue weighted by Crippen LogP contribution is 2.21. The number of benzene rings is 2. The van der Waals surface area contributed by atoms with Gasteiger partial charge in [-0.1, -0.05) is 37.1 Å². The van der Waals surface area contributed by atoms with E-state index in [1.807, 2.05) is 31.2 Å². The topological polar surface area (TPSA) is 67.9 Å². The van der Waals surface area contributed by atoms with Crippen LogP contribution in [0.5, 0.6) is 11.5 Å². The van der Waals surface area contributed by atoms with Crippen molar-refractivity contribution in [3.63, 3.8) is 0 Å². The van der Waals surface area contributed by atoms with Crippen LogP contribution < -0.4 is 14.8 Å². The van der Waals surface area contributed by atoms with Gasteiger partial charge in [0.15, 0.2) is 6.61 Å². The van der Waals surface area contributed by atoms with Crippen molar-refractivity contribution in [1.29, 1.82) is 0 Å². The van der Waals surface area contributed by atoms with Gasteiger partial charge in [0, 0.05) is 18.1 Å². The van der Waals surface area contributed by atoms with E-state index in [2.05, 4.69) is 12.2 Å². The van der Waals surface area contributed by atoms with E-state index in [9.17, 15) is 9.59 Å². The molecule has 2 rings (SSSR count). The Balaban J connectivity index is 2.14. The normalized spacial score (nSPS) is 11.5. The smallest absolute Gasteiger partial charge is 0.261 e. The van der Waals surface area contributed by atoms with Gasteiger partial charge in [-0.05, 0) is 61.7 Å². The van der Waals surface area contributed by atoms with E-state index in [4.69, 9.17) is 21.1 Å². The van der Waals surface area contributed by atoms with Gasteiger partial charge < -0.3 is 19.7 Å². The van der Waals surface area contributed by atoms with Crippen LogP contribution in [0.15, 0.2) is 42.5 Å². The van der Waals surface area contributed by atoms with Crippen LogP contribution in [0.25, 0.3) is 0 Å². The minimum absolute atomic E-state index is 0.183. The minimum atomic E-state index is -0.647. The number of rotatable bonds is 11. The molecule has 168 valence electrons. The van der Waals surface area contributed by atoms with Crippen molar-refractivity contribution in [3.05, 3.63) is 58.6 Å². The number of methoxy groups -OCH3 is 1. The van der Waals surface area contributed by atoms with Crippen LogP contribution in [0.2, 0.25) is 5.02 Å². The number of ether oxygens (including phenoxy) is 2. The monoisotopic (exact) mass is 446 g/mol. The Morgan fingerprint density at radius 2 is 1.94 bits per heavy atom. The molecule has 0 spiro atoms. The number of nitrogens with one attached hydrogen (secondary N) is 1. The molecule has 2 aromatic rings. The largest absolute Gasteiger partial charge is 0.497 e. The molecular weight excluding hydrogens is 416 g/mol. The molecule has 0 saturated carbocycles. The van der Waals surface area contributed by atoms with Gasteiger partial charge in [-0.2, -0.15) is 0 Å². The molecule has 0 bridgehead atoms. The molecule has 2 aromatic carbocycles. The number of nitrogens with zero attached hydrogens (tertiary/aromatic N) is 1. The summed E-state index contributed by atoms with van der Waals surface area (Å²) in [4.78, 5) is 27.2. The van der Waals surface area contributed by atoms with Crippen molar-refractivity contribution in [3.8, 4) is 11.5 Å². The average molecular weight is 447 g/mol. The molecule has 0 heterocycles. The molecule has 2 amide bonds. The van der Waals surface area contributed by atoms with Gasteiger partial charge in [-0.25, -0.2) is 0 Å². The van der Waals surface area contributed by atoms with E-state index in [0.717, 1.165) is 24.0 Å². The van der Waals surface area contributed by atoms with Crippen LogP contribution in [0.1, 0.15) is 37.8 Å². The first kappa shape index (κ1) is 24.5. The van der Waals surface area contributed by atoms with E-state index in [1.54, 1.807) is 32.2 Å². The zero-order valence-corrected chi connectivity index (χ0v) is 19.4. The quantitative estimate of drug-likeness (QED) is 0.520. The summed E-state index contributed by atoms with van der Waals surface area (Å²) in [5.41, 5.74) is 1.73. The number of carbonyl (C=O) groups is 2. The van der Waals surface area contributed by atoms with Crippen LogP contribution in [0.4, 0.5) is 0 Å². The number of unbranched alkanes of at least 4 members (excludes halogenated alkanes) is 1. The van der Waals surface area contributed by atoms with Crippen LogP contribution in [0, 0.1) is 6.92 Å². The Morgan fingerprint density at radius 1 is 1.16 bits per heavy atom. The maximum Gasteiger partial charge on any atom is 0.261 e. The van der Waals surface area contributed by atoms with Crippen molar-refractivity contribution in [2.45, 2.75) is 46.2 Å². The molecule has 0 aromatic heterocycles. The van der Waals surface area contributed by atoms with E-state index >= 15 is 0 Å². The Morgan fingerprint density at radius 3 is 2.61 bits per heavy atom. The third-order valence-electron chi connectivity index (χ3n) is 4.98. The first-order valence-corrected chi connectivity index (χ1v) is 10.8. The van der Waals surface area contributed by atoms with Gasteiger partial charge in [0.1, 0.15) is 17.5 Å². The minimum Gasteiger partial charge on any atom is -0.497 e. The number of carbonyl (C=O) groups excluding carboxylic acids is 2. The fourth-order valence-electron chi connectivity index (χ4n) is 3.02. The maximum atomic E-state index is 13.1. The SMILES string of the molecule is CCCCNC(=O)[C@H](C)N(Cc1cccc(OC)c1)C(=O)COc1ccc(Cl)c(C)c1. The van der Waals surface area contributed by atoms with Crippen molar-refractivity contribution < 1.29 is 19.1 Å². The van der Waals surface area contributed by atoms with Gasteiger partial charge >= 0.3 is 0 Å². The van der Waals surface area contributed by atoms with Gasteiger partial charge in [0.05, 0.1) is 7.11 Å². The highest BCUT2D eigenvalue weighted by molar-refractivity contribution is 6.31. The van der Waals surface area contributed by atoms with E-state index in [0.29, 0.717) is 23.1 Å². The first-order valence-electron chi connectivity index (χ1n) is 10.4. The van der Waals surface area contributed by atoms with Crippen molar-refractivity contribution in [2.24, 2.45) is 0 Å². The van der Waals surface area contributed by atoms with Crippen LogP contribution in [-0.2, 0) is 16.1 Å². The molecule has 31 heavy (non-hydrogen) atoms. The lowest BCUT2D eigenvalue weighted by Crippen LogP contribution is -2.49. The standard InChI is InChI=1S/C24H31ClN2O4/c1-5-6-12-26-24(29)18(3)27(15-19-8-7-9-20(14-19)30-4)23(28)16-31-21-10-11-22(25)17(2)13-21/h7-11,13-14,18H,5-6,12,15-16H2,1-4H3,(H,26,29)/t18-/m0/s1. The number of halogens is 1. The Bertz CT molecular complexity index is 888. The summed E-state index contributed by atoms with van der Waals surface area (Å²) in [5, 5.41) is 3.54. The second kappa shape index (κ2) is 12.2. The summed E-state index contributed by atoms with van der Waals surface area (Å²) in [6, 6.07) is 12.0. The fourth-order valence-corrected chi connectivity index (χ4v) is 3.14. The lowest BCUT2D eigenvalue weighted by molar-refractivity contribution is -0.142. The Labute approximate surface area is 189 Å². The molecule has 0 fully saturated rings. The zero-order chi connectivity index (χ0) is 22.8. The fraction of sp³-hybridized carbons (Fsp3) is 0.417. The molecule has 6 nitrogen and oxygen atoms in total. The van der Waals surface area contributed by atoms with Crippen LogP contribution in [0.3, 0.4) is 0 Å². The van der Waals surface area contributed by atoms with Gasteiger partial charge in [0.25, 0.3) is 5.91 Å². The molecule has 1 N–H and O–H groups in total. The van der Waals surface area contributed by atoms with Crippen LogP contribution >= 0.6 is 11.6 Å². The summed E-state index contributed by atoms with van der Waals surface area (Å²) in [7, 11) is 1.59. The maximum absolute atomic E-state index is 13.1. The van der Waals surface area contributed by atoms with Gasteiger partial charge in [-0.15, -0.1) is 0 Å². The molecule has 7 heteroatoms. The predicted octanol–water partition coefficient (Wildman–Crippen LogP) is 4.37. The number of hydrogen-bond acceptors (Lipinski definition) is 4. The van der Waals surface area contributed by atoms with Crippen molar-refractivity contribution in [1.82, 2.24) is 10.2 Å². The van der Waals surface area contributed by atoms with Crippen molar-refractivity contribution >= 4 is 23.4 Å². The number of aryl methyl sites for hydroxylation is 1. The third-order valence-corrected chi connectivity index (χ3v) is 5.40. The summed E-state index contributed by atoms with van der Waals surface area (Å²) in [6.45, 7) is 6.32. The molecule has 0 unspecified atom stereocenters. The molecule has 0 aliphatic carbocycles. The molecule has 0 saturated heterocycles. The highest BCUT2D eigenvalue weighted by atomic mass is 35.5. The van der Waals surface area contributed by atoms with E-state index in [1.165, 1.54) is 4.90 Å². The summed E-state index contributed by atoms with van der Waals surface area (Å²) < 4.78 is 11.0. The molecule has 0 aliphatic rings. The highest BCUT2D eigenvalue weighted by Gasteiger charge is 2.26. The zero-order valence-electron chi connectivity index (χ0n) is 18.6.